The lowest BCUT2D eigenvalue weighted by Crippen LogP contribution is -2.54. The first-order valence-corrected chi connectivity index (χ1v) is 11.2. The average molecular weight is 414 g/mol. The first-order chi connectivity index (χ1) is 13.9. The summed E-state index contributed by atoms with van der Waals surface area (Å²) in [5.41, 5.74) is 1.69. The summed E-state index contributed by atoms with van der Waals surface area (Å²) in [5.74, 6) is -0.00326. The van der Waals surface area contributed by atoms with Crippen molar-refractivity contribution < 1.29 is 13.2 Å². The first-order valence-electron chi connectivity index (χ1n) is 9.68. The van der Waals surface area contributed by atoms with Gasteiger partial charge in [0.05, 0.1) is 6.04 Å². The van der Waals surface area contributed by atoms with E-state index in [0.717, 1.165) is 11.3 Å². The van der Waals surface area contributed by atoms with Crippen LogP contribution in [0.3, 0.4) is 0 Å². The number of benzene rings is 2. The van der Waals surface area contributed by atoms with Gasteiger partial charge in [-0.1, -0.05) is 48.5 Å². The molecule has 0 aromatic heterocycles. The number of carbonyl (C=O) groups is 1. The summed E-state index contributed by atoms with van der Waals surface area (Å²) < 4.78 is 26.7. The molecule has 29 heavy (non-hydrogen) atoms. The maximum absolute atomic E-state index is 12.8. The molecule has 1 fully saturated rings. The number of carbonyl (C=O) groups excluding carboxylic acids is 1. The van der Waals surface area contributed by atoms with Gasteiger partial charge in [-0.15, -0.1) is 0 Å². The molecule has 1 aliphatic heterocycles. The highest BCUT2D eigenvalue weighted by atomic mass is 32.2. The van der Waals surface area contributed by atoms with Crippen LogP contribution in [-0.2, 0) is 14.8 Å². The predicted molar refractivity (Wildman–Crippen MR) is 117 cm³/mol. The highest BCUT2D eigenvalue weighted by molar-refractivity contribution is 7.92. The van der Waals surface area contributed by atoms with Gasteiger partial charge in [0.2, 0.25) is 15.9 Å². The van der Waals surface area contributed by atoms with Crippen LogP contribution in [0.5, 0.6) is 0 Å². The topological polar surface area (TPSA) is 60.9 Å². The summed E-state index contributed by atoms with van der Waals surface area (Å²) in [6, 6.07) is 18.5. The van der Waals surface area contributed by atoms with Crippen molar-refractivity contribution in [3.63, 3.8) is 0 Å². The van der Waals surface area contributed by atoms with Crippen molar-refractivity contribution in [2.24, 2.45) is 0 Å². The van der Waals surface area contributed by atoms with E-state index >= 15 is 0 Å². The van der Waals surface area contributed by atoms with Crippen molar-refractivity contribution in [3.05, 3.63) is 71.6 Å². The van der Waals surface area contributed by atoms with Gasteiger partial charge in [-0.2, -0.15) is 4.31 Å². The van der Waals surface area contributed by atoms with Crippen LogP contribution in [0.4, 0.5) is 5.69 Å². The fraction of sp³-hybridized carbons (Fsp3) is 0.318. The van der Waals surface area contributed by atoms with Gasteiger partial charge in [-0.05, 0) is 30.7 Å². The minimum Gasteiger partial charge on any atom is -0.314 e. The van der Waals surface area contributed by atoms with Gasteiger partial charge in [0.1, 0.15) is 0 Å². The SMILES string of the molecule is C[C@H](C(=O)N(C)c1ccccc1)N1CCN(S(=O)(=O)/C=C/c2ccccc2)CC1. The van der Waals surface area contributed by atoms with Crippen LogP contribution in [0.25, 0.3) is 6.08 Å². The Morgan fingerprint density at radius 1 is 0.966 bits per heavy atom. The number of rotatable bonds is 6. The normalized spacial score (nSPS) is 17.3. The van der Waals surface area contributed by atoms with E-state index in [4.69, 9.17) is 0 Å². The third kappa shape index (κ3) is 5.32. The summed E-state index contributed by atoms with van der Waals surface area (Å²) in [6.45, 7) is 3.66. The van der Waals surface area contributed by atoms with E-state index < -0.39 is 10.0 Å². The molecule has 1 aliphatic rings. The second-order valence-electron chi connectivity index (χ2n) is 7.10. The van der Waals surface area contributed by atoms with E-state index in [1.807, 2.05) is 72.5 Å². The van der Waals surface area contributed by atoms with Crippen LogP contribution in [0.15, 0.2) is 66.1 Å². The number of amides is 1. The van der Waals surface area contributed by atoms with Crippen LogP contribution in [0.2, 0.25) is 0 Å². The lowest BCUT2D eigenvalue weighted by molar-refractivity contribution is -0.123. The van der Waals surface area contributed by atoms with Crippen LogP contribution in [-0.4, -0.2) is 62.8 Å². The lowest BCUT2D eigenvalue weighted by Gasteiger charge is -2.37. The molecule has 0 N–H and O–H groups in total. The fourth-order valence-electron chi connectivity index (χ4n) is 3.38. The zero-order valence-corrected chi connectivity index (χ0v) is 17.6. The molecule has 2 aromatic rings. The van der Waals surface area contributed by atoms with Crippen LogP contribution < -0.4 is 4.90 Å². The monoisotopic (exact) mass is 413 g/mol. The minimum absolute atomic E-state index is 0.00326. The van der Waals surface area contributed by atoms with Gasteiger partial charge in [0.25, 0.3) is 0 Å². The van der Waals surface area contributed by atoms with Crippen molar-refractivity contribution in [1.82, 2.24) is 9.21 Å². The van der Waals surface area contributed by atoms with Gasteiger partial charge in [-0.25, -0.2) is 8.42 Å². The summed E-state index contributed by atoms with van der Waals surface area (Å²) in [6.07, 6.45) is 1.61. The molecule has 1 heterocycles. The molecule has 1 atom stereocenters. The molecule has 154 valence electrons. The molecule has 7 heteroatoms. The molecule has 0 bridgehead atoms. The summed E-state index contributed by atoms with van der Waals surface area (Å²) >= 11 is 0. The van der Waals surface area contributed by atoms with E-state index in [0.29, 0.717) is 26.2 Å². The van der Waals surface area contributed by atoms with E-state index in [-0.39, 0.29) is 11.9 Å². The van der Waals surface area contributed by atoms with Crippen molar-refractivity contribution in [3.8, 4) is 0 Å². The Hall–Kier alpha value is -2.48. The molecule has 3 rings (SSSR count). The molecule has 0 saturated carbocycles. The third-order valence-electron chi connectivity index (χ3n) is 5.24. The van der Waals surface area contributed by atoms with E-state index in [9.17, 15) is 13.2 Å². The molecule has 0 radical (unpaired) electrons. The largest absolute Gasteiger partial charge is 0.314 e. The van der Waals surface area contributed by atoms with E-state index in [1.54, 1.807) is 18.0 Å². The van der Waals surface area contributed by atoms with Gasteiger partial charge >= 0.3 is 0 Å². The van der Waals surface area contributed by atoms with E-state index in [2.05, 4.69) is 0 Å². The number of anilines is 1. The lowest BCUT2D eigenvalue weighted by atomic mass is 10.2. The highest BCUT2D eigenvalue weighted by Gasteiger charge is 2.31. The molecule has 0 aliphatic carbocycles. The van der Waals surface area contributed by atoms with Crippen molar-refractivity contribution >= 4 is 27.7 Å². The molecule has 1 saturated heterocycles. The van der Waals surface area contributed by atoms with Gasteiger partial charge in [0.15, 0.2) is 0 Å². The van der Waals surface area contributed by atoms with Crippen molar-refractivity contribution in [2.75, 3.05) is 38.1 Å². The quantitative estimate of drug-likeness (QED) is 0.731. The maximum Gasteiger partial charge on any atom is 0.243 e. The zero-order chi connectivity index (χ0) is 20.9. The smallest absolute Gasteiger partial charge is 0.243 e. The van der Waals surface area contributed by atoms with Crippen LogP contribution >= 0.6 is 0 Å². The average Bonchev–Trinajstić information content (AvgIpc) is 2.77. The Morgan fingerprint density at radius 3 is 2.10 bits per heavy atom. The number of piperazine rings is 1. The molecule has 2 aromatic carbocycles. The number of hydrogen-bond donors (Lipinski definition) is 0. The summed E-state index contributed by atoms with van der Waals surface area (Å²) in [5, 5.41) is 1.26. The number of para-hydroxylation sites is 1. The molecule has 0 spiro atoms. The molecule has 1 amide bonds. The standard InChI is InChI=1S/C22H27N3O3S/c1-19(22(26)23(2)21-11-7-4-8-12-21)24-14-16-25(17-15-24)29(27,28)18-13-20-9-5-3-6-10-20/h3-13,18-19H,14-17H2,1-2H3/b18-13+/t19-/m1/s1. The Kier molecular flexibility index (Phi) is 6.84. The summed E-state index contributed by atoms with van der Waals surface area (Å²) in [4.78, 5) is 16.5. The molecule has 0 unspecified atom stereocenters. The Balaban J connectivity index is 1.58. The Bertz CT molecular complexity index is 938. The van der Waals surface area contributed by atoms with Crippen molar-refractivity contribution in [1.29, 1.82) is 0 Å². The third-order valence-corrected chi connectivity index (χ3v) is 6.81. The maximum atomic E-state index is 12.8. The molecular weight excluding hydrogens is 386 g/mol. The number of hydrogen-bond acceptors (Lipinski definition) is 4. The minimum atomic E-state index is -3.48. The Labute approximate surface area is 173 Å². The predicted octanol–water partition coefficient (Wildman–Crippen LogP) is 2.66. The Morgan fingerprint density at radius 2 is 1.52 bits per heavy atom. The second kappa shape index (κ2) is 9.35. The van der Waals surface area contributed by atoms with Crippen LogP contribution in [0, 0.1) is 0 Å². The fourth-order valence-corrected chi connectivity index (χ4v) is 4.55. The van der Waals surface area contributed by atoms with Gasteiger partial charge in [-0.3, -0.25) is 9.69 Å². The van der Waals surface area contributed by atoms with Gasteiger partial charge in [0, 0.05) is 44.3 Å². The summed E-state index contributed by atoms with van der Waals surface area (Å²) in [7, 11) is -1.71. The number of likely N-dealkylation sites (N-methyl/N-ethyl adjacent to an activating group) is 1. The molecular formula is C22H27N3O3S. The zero-order valence-electron chi connectivity index (χ0n) is 16.8. The van der Waals surface area contributed by atoms with Crippen LogP contribution in [0.1, 0.15) is 12.5 Å². The van der Waals surface area contributed by atoms with Gasteiger partial charge < -0.3 is 4.90 Å². The second-order valence-corrected chi connectivity index (χ2v) is 8.92. The van der Waals surface area contributed by atoms with Crippen molar-refractivity contribution in [2.45, 2.75) is 13.0 Å². The molecule has 6 nitrogen and oxygen atoms in total. The van der Waals surface area contributed by atoms with E-state index in [1.165, 1.54) is 9.71 Å². The number of sulfonamides is 1. The highest BCUT2D eigenvalue weighted by Crippen LogP contribution is 2.17. The number of nitrogens with zero attached hydrogens (tertiary/aromatic N) is 3. The first kappa shape index (κ1) is 21.2.